The van der Waals surface area contributed by atoms with Crippen LogP contribution < -0.4 is 4.74 Å². The average molecular weight is 286 g/mol. The lowest BCUT2D eigenvalue weighted by molar-refractivity contribution is -0.386. The van der Waals surface area contributed by atoms with E-state index in [9.17, 15) is 25.1 Å². The fourth-order valence-corrected chi connectivity index (χ4v) is 1.49. The van der Waals surface area contributed by atoms with E-state index in [1.165, 1.54) is 7.11 Å². The van der Waals surface area contributed by atoms with Gasteiger partial charge in [-0.25, -0.2) is 4.98 Å². The molecule has 9 heteroatoms. The molecule has 2 atom stereocenters. The summed E-state index contributed by atoms with van der Waals surface area (Å²) in [5.74, 6) is -0.930. The molecule has 0 amide bonds. The van der Waals surface area contributed by atoms with Crippen molar-refractivity contribution < 1.29 is 29.4 Å². The Morgan fingerprint density at radius 3 is 2.65 bits per heavy atom. The van der Waals surface area contributed by atoms with Gasteiger partial charge >= 0.3 is 11.7 Å². The highest BCUT2D eigenvalue weighted by molar-refractivity contribution is 5.69. The van der Waals surface area contributed by atoms with Crippen molar-refractivity contribution >= 4 is 11.7 Å². The topological polar surface area (TPSA) is 132 Å². The van der Waals surface area contributed by atoms with E-state index in [0.717, 1.165) is 19.4 Å². The Kier molecular flexibility index (Phi) is 5.35. The van der Waals surface area contributed by atoms with Gasteiger partial charge in [-0.2, -0.15) is 0 Å². The first-order valence-corrected chi connectivity index (χ1v) is 5.52. The van der Waals surface area contributed by atoms with Gasteiger partial charge < -0.3 is 19.7 Å². The normalized spacial score (nSPS) is 13.4. The molecular weight excluding hydrogens is 272 g/mol. The monoisotopic (exact) mass is 286 g/mol. The number of aromatic nitrogens is 1. The maximum absolute atomic E-state index is 11.0. The third-order valence-electron chi connectivity index (χ3n) is 2.55. The molecule has 110 valence electrons. The zero-order valence-corrected chi connectivity index (χ0v) is 10.8. The number of ether oxygens (including phenoxy) is 2. The van der Waals surface area contributed by atoms with Crippen molar-refractivity contribution in [3.63, 3.8) is 0 Å². The number of carbonyl (C=O) groups is 1. The van der Waals surface area contributed by atoms with E-state index >= 15 is 0 Å². The number of aliphatic hydroxyl groups excluding tert-OH is 2. The molecule has 2 unspecified atom stereocenters. The van der Waals surface area contributed by atoms with Crippen LogP contribution in [0.15, 0.2) is 12.3 Å². The Labute approximate surface area is 113 Å². The number of aliphatic hydroxyl groups is 2. The number of hydrogen-bond donors (Lipinski definition) is 2. The van der Waals surface area contributed by atoms with Crippen molar-refractivity contribution in [1.29, 1.82) is 0 Å². The summed E-state index contributed by atoms with van der Waals surface area (Å²) in [6.07, 6.45) is -2.29. The van der Waals surface area contributed by atoms with Crippen molar-refractivity contribution in [3.05, 3.63) is 27.9 Å². The zero-order valence-electron chi connectivity index (χ0n) is 10.8. The first kappa shape index (κ1) is 15.8. The molecule has 9 nitrogen and oxygen atoms in total. The highest BCUT2D eigenvalue weighted by atomic mass is 16.6. The SMILES string of the molecule is COC(=O)CC(O)C(O)c1cnc(OC)c([N+](=O)[O-])c1. The Balaban J connectivity index is 2.98. The lowest BCUT2D eigenvalue weighted by atomic mass is 10.0. The molecule has 0 bridgehead atoms. The number of nitro groups is 1. The van der Waals surface area contributed by atoms with Gasteiger partial charge in [0.15, 0.2) is 0 Å². The van der Waals surface area contributed by atoms with Crippen LogP contribution in [0.4, 0.5) is 5.69 Å². The minimum Gasteiger partial charge on any atom is -0.476 e. The summed E-state index contributed by atoms with van der Waals surface area (Å²) in [6, 6.07) is 1.02. The van der Waals surface area contributed by atoms with Gasteiger partial charge in [-0.15, -0.1) is 0 Å². The molecule has 0 aliphatic rings. The van der Waals surface area contributed by atoms with Crippen molar-refractivity contribution in [3.8, 4) is 5.88 Å². The lowest BCUT2D eigenvalue weighted by Crippen LogP contribution is -2.22. The van der Waals surface area contributed by atoms with Crippen LogP contribution in [0.3, 0.4) is 0 Å². The summed E-state index contributed by atoms with van der Waals surface area (Å²) in [5, 5.41) is 30.3. The predicted octanol–water partition coefficient (Wildman–Crippen LogP) is -0.0442. The van der Waals surface area contributed by atoms with Crippen LogP contribution in [-0.2, 0) is 9.53 Å². The summed E-state index contributed by atoms with van der Waals surface area (Å²) < 4.78 is 9.06. The summed E-state index contributed by atoms with van der Waals surface area (Å²) >= 11 is 0. The van der Waals surface area contributed by atoms with E-state index in [-0.39, 0.29) is 11.4 Å². The molecule has 0 aromatic carbocycles. The fraction of sp³-hybridized carbons (Fsp3) is 0.455. The Morgan fingerprint density at radius 1 is 1.50 bits per heavy atom. The molecule has 0 saturated heterocycles. The molecule has 0 radical (unpaired) electrons. The van der Waals surface area contributed by atoms with Gasteiger partial charge in [-0.05, 0) is 0 Å². The second-order valence-electron chi connectivity index (χ2n) is 3.85. The molecule has 0 aliphatic carbocycles. The number of carbonyl (C=O) groups excluding carboxylic acids is 1. The zero-order chi connectivity index (χ0) is 15.3. The maximum Gasteiger partial charge on any atom is 0.331 e. The van der Waals surface area contributed by atoms with E-state index in [1.54, 1.807) is 0 Å². The molecule has 0 spiro atoms. The van der Waals surface area contributed by atoms with Gasteiger partial charge in [-0.3, -0.25) is 14.9 Å². The summed E-state index contributed by atoms with van der Waals surface area (Å²) in [4.78, 5) is 24.8. The number of hydrogen-bond acceptors (Lipinski definition) is 8. The number of esters is 1. The molecule has 2 N–H and O–H groups in total. The van der Waals surface area contributed by atoms with Gasteiger partial charge in [0.2, 0.25) is 0 Å². The van der Waals surface area contributed by atoms with Crippen LogP contribution in [0.2, 0.25) is 0 Å². The molecule has 1 rings (SSSR count). The van der Waals surface area contributed by atoms with Crippen LogP contribution >= 0.6 is 0 Å². The Morgan fingerprint density at radius 2 is 2.15 bits per heavy atom. The number of pyridine rings is 1. The van der Waals surface area contributed by atoms with Gasteiger partial charge in [0.1, 0.15) is 6.10 Å². The molecule has 0 fully saturated rings. The third kappa shape index (κ3) is 3.62. The number of rotatable bonds is 6. The predicted molar refractivity (Wildman–Crippen MR) is 65.0 cm³/mol. The minimum atomic E-state index is -1.51. The minimum absolute atomic E-state index is 0.00565. The molecule has 20 heavy (non-hydrogen) atoms. The number of nitrogens with zero attached hydrogens (tertiary/aromatic N) is 2. The first-order valence-electron chi connectivity index (χ1n) is 5.52. The standard InChI is InChI=1S/C11H14N2O7/c1-19-9(15)4-8(14)10(16)6-3-7(13(17)18)11(20-2)12-5-6/h3,5,8,10,14,16H,4H2,1-2H3. The highest BCUT2D eigenvalue weighted by Gasteiger charge is 2.26. The van der Waals surface area contributed by atoms with Crippen molar-refractivity contribution in [2.24, 2.45) is 0 Å². The molecule has 1 aromatic heterocycles. The van der Waals surface area contributed by atoms with E-state index in [0.29, 0.717) is 0 Å². The fourth-order valence-electron chi connectivity index (χ4n) is 1.49. The van der Waals surface area contributed by atoms with Crippen molar-refractivity contribution in [1.82, 2.24) is 4.98 Å². The molecule has 0 saturated carbocycles. The lowest BCUT2D eigenvalue weighted by Gasteiger charge is -2.16. The number of methoxy groups -OCH3 is 2. The van der Waals surface area contributed by atoms with Crippen molar-refractivity contribution in [2.45, 2.75) is 18.6 Å². The summed E-state index contributed by atoms with van der Waals surface area (Å²) in [7, 11) is 2.36. The molecule has 0 aliphatic heterocycles. The summed E-state index contributed by atoms with van der Waals surface area (Å²) in [5.41, 5.74) is -0.455. The van der Waals surface area contributed by atoms with E-state index in [2.05, 4.69) is 9.72 Å². The molecule has 1 heterocycles. The smallest absolute Gasteiger partial charge is 0.331 e. The molecule has 1 aromatic rings. The van der Waals surface area contributed by atoms with E-state index in [1.807, 2.05) is 0 Å². The van der Waals surface area contributed by atoms with Crippen molar-refractivity contribution in [2.75, 3.05) is 14.2 Å². The first-order chi connectivity index (χ1) is 9.40. The van der Waals surface area contributed by atoms with Gasteiger partial charge in [0, 0.05) is 17.8 Å². The molecular formula is C11H14N2O7. The van der Waals surface area contributed by atoms with E-state index < -0.39 is 35.2 Å². The van der Waals surface area contributed by atoms with Crippen LogP contribution in [-0.4, -0.2) is 46.4 Å². The van der Waals surface area contributed by atoms with Crippen LogP contribution in [0, 0.1) is 10.1 Å². The second-order valence-corrected chi connectivity index (χ2v) is 3.85. The Hall–Kier alpha value is -2.26. The highest BCUT2D eigenvalue weighted by Crippen LogP contribution is 2.28. The van der Waals surface area contributed by atoms with Gasteiger partial charge in [0.25, 0.3) is 5.88 Å². The van der Waals surface area contributed by atoms with Crippen LogP contribution in [0.25, 0.3) is 0 Å². The van der Waals surface area contributed by atoms with E-state index in [4.69, 9.17) is 4.74 Å². The maximum atomic E-state index is 11.0. The largest absolute Gasteiger partial charge is 0.476 e. The average Bonchev–Trinajstić information content (AvgIpc) is 2.45. The van der Waals surface area contributed by atoms with Gasteiger partial charge in [0.05, 0.1) is 31.7 Å². The summed E-state index contributed by atoms with van der Waals surface area (Å²) in [6.45, 7) is 0. The second kappa shape index (κ2) is 6.78. The third-order valence-corrected chi connectivity index (χ3v) is 2.55. The quantitative estimate of drug-likeness (QED) is 0.423. The van der Waals surface area contributed by atoms with Crippen LogP contribution in [0.5, 0.6) is 5.88 Å². The Bertz CT molecular complexity index is 506. The van der Waals surface area contributed by atoms with Gasteiger partial charge in [-0.1, -0.05) is 0 Å². The van der Waals surface area contributed by atoms with Crippen LogP contribution in [0.1, 0.15) is 18.1 Å².